The Bertz CT molecular complexity index is 541. The van der Waals surface area contributed by atoms with Gasteiger partial charge in [0.2, 0.25) is 5.88 Å². The number of methoxy groups -OCH3 is 1. The zero-order chi connectivity index (χ0) is 13.0. The van der Waals surface area contributed by atoms with E-state index in [4.69, 9.17) is 10.5 Å². The van der Waals surface area contributed by atoms with Gasteiger partial charge in [-0.25, -0.2) is 0 Å². The summed E-state index contributed by atoms with van der Waals surface area (Å²) in [5, 5.41) is 3.25. The van der Waals surface area contributed by atoms with Gasteiger partial charge in [-0.3, -0.25) is 0 Å². The van der Waals surface area contributed by atoms with E-state index < -0.39 is 0 Å². The lowest BCUT2D eigenvalue weighted by Gasteiger charge is -2.09. The lowest BCUT2D eigenvalue weighted by molar-refractivity contribution is 0.398. The molecule has 0 fully saturated rings. The number of nitrogens with two attached hydrogens (primary N) is 1. The Labute approximate surface area is 114 Å². The van der Waals surface area contributed by atoms with Crippen molar-refractivity contribution in [3.05, 3.63) is 47.5 Å². The fraction of sp³-hybridized carbons (Fsp3) is 0.267. The maximum atomic E-state index is 5.62. The number of hydrogen-bond acceptors (Lipinski definition) is 4. The first-order valence-electron chi connectivity index (χ1n) is 5.80. The van der Waals surface area contributed by atoms with Crippen molar-refractivity contribution in [2.45, 2.75) is 20.9 Å². The van der Waals surface area contributed by atoms with E-state index in [1.807, 2.05) is 43.3 Å². The minimum absolute atomic E-state index is 0. The van der Waals surface area contributed by atoms with E-state index in [0.717, 1.165) is 22.6 Å². The standard InChI is InChI=1S/C14H17N3O.CH4/c1-10-6-13(17-14(7-10)18-2)16-12-5-3-4-11(8-12)9-15;/h3-8H,9,15H2,1-2H3,(H,16,17);1H4. The molecule has 4 nitrogen and oxygen atoms in total. The topological polar surface area (TPSA) is 60.2 Å². The van der Waals surface area contributed by atoms with Crippen LogP contribution in [0.15, 0.2) is 36.4 Å². The first kappa shape index (κ1) is 15.0. The predicted molar refractivity (Wildman–Crippen MR) is 79.9 cm³/mol. The Morgan fingerprint density at radius 1 is 1.26 bits per heavy atom. The highest BCUT2D eigenvalue weighted by atomic mass is 16.5. The van der Waals surface area contributed by atoms with Crippen molar-refractivity contribution in [2.75, 3.05) is 12.4 Å². The number of aryl methyl sites for hydroxylation is 1. The number of hydrogen-bond donors (Lipinski definition) is 2. The Morgan fingerprint density at radius 2 is 2.05 bits per heavy atom. The van der Waals surface area contributed by atoms with E-state index in [-0.39, 0.29) is 7.43 Å². The Morgan fingerprint density at radius 3 is 2.74 bits per heavy atom. The molecule has 0 spiro atoms. The van der Waals surface area contributed by atoms with Crippen molar-refractivity contribution in [1.82, 2.24) is 4.98 Å². The lowest BCUT2D eigenvalue weighted by atomic mass is 10.2. The van der Waals surface area contributed by atoms with Gasteiger partial charge in [0, 0.05) is 18.3 Å². The molecule has 0 unspecified atom stereocenters. The molecule has 0 amide bonds. The minimum atomic E-state index is 0. The number of benzene rings is 1. The van der Waals surface area contributed by atoms with E-state index in [9.17, 15) is 0 Å². The quantitative estimate of drug-likeness (QED) is 0.885. The van der Waals surface area contributed by atoms with Crippen LogP contribution in [0.4, 0.5) is 11.5 Å². The number of nitrogens with one attached hydrogen (secondary N) is 1. The molecule has 0 atom stereocenters. The number of rotatable bonds is 4. The molecule has 1 heterocycles. The monoisotopic (exact) mass is 259 g/mol. The molecule has 1 aromatic heterocycles. The van der Waals surface area contributed by atoms with Crippen molar-refractivity contribution in [1.29, 1.82) is 0 Å². The maximum Gasteiger partial charge on any atom is 0.215 e. The average molecular weight is 259 g/mol. The van der Waals surface area contributed by atoms with Crippen LogP contribution in [0.25, 0.3) is 0 Å². The summed E-state index contributed by atoms with van der Waals surface area (Å²) < 4.78 is 5.15. The maximum absolute atomic E-state index is 5.62. The van der Waals surface area contributed by atoms with Gasteiger partial charge in [-0.1, -0.05) is 19.6 Å². The second-order valence-corrected chi connectivity index (χ2v) is 4.10. The largest absolute Gasteiger partial charge is 0.481 e. The van der Waals surface area contributed by atoms with Crippen LogP contribution in [0.1, 0.15) is 18.6 Å². The van der Waals surface area contributed by atoms with Gasteiger partial charge in [-0.2, -0.15) is 4.98 Å². The summed E-state index contributed by atoms with van der Waals surface area (Å²) in [6.45, 7) is 2.53. The molecule has 0 aliphatic rings. The molecule has 19 heavy (non-hydrogen) atoms. The van der Waals surface area contributed by atoms with Gasteiger partial charge in [0.1, 0.15) is 5.82 Å². The molecule has 2 aromatic rings. The zero-order valence-electron chi connectivity index (χ0n) is 10.6. The van der Waals surface area contributed by atoms with Gasteiger partial charge >= 0.3 is 0 Å². The molecule has 0 saturated carbocycles. The van der Waals surface area contributed by atoms with Gasteiger partial charge in [0.15, 0.2) is 0 Å². The number of anilines is 2. The molecule has 0 aliphatic carbocycles. The molecule has 0 radical (unpaired) electrons. The summed E-state index contributed by atoms with van der Waals surface area (Å²) in [6.07, 6.45) is 0. The Kier molecular flexibility index (Phi) is 5.33. The smallest absolute Gasteiger partial charge is 0.215 e. The third-order valence-corrected chi connectivity index (χ3v) is 2.59. The van der Waals surface area contributed by atoms with Crippen LogP contribution in [0.5, 0.6) is 5.88 Å². The van der Waals surface area contributed by atoms with Gasteiger partial charge in [0.05, 0.1) is 7.11 Å². The minimum Gasteiger partial charge on any atom is -0.481 e. The molecule has 0 aliphatic heterocycles. The number of pyridine rings is 1. The molecule has 0 saturated heterocycles. The lowest BCUT2D eigenvalue weighted by Crippen LogP contribution is -1.99. The van der Waals surface area contributed by atoms with Crippen molar-refractivity contribution in [3.63, 3.8) is 0 Å². The van der Waals surface area contributed by atoms with Crippen LogP contribution in [0.2, 0.25) is 0 Å². The summed E-state index contributed by atoms with van der Waals surface area (Å²) in [6, 6.07) is 11.8. The van der Waals surface area contributed by atoms with Crippen molar-refractivity contribution in [2.24, 2.45) is 5.73 Å². The van der Waals surface area contributed by atoms with Crippen LogP contribution in [0.3, 0.4) is 0 Å². The van der Waals surface area contributed by atoms with Crippen LogP contribution in [-0.2, 0) is 6.54 Å². The van der Waals surface area contributed by atoms with E-state index >= 15 is 0 Å². The molecule has 0 bridgehead atoms. The Hall–Kier alpha value is -2.07. The molecule has 3 N–H and O–H groups in total. The highest BCUT2D eigenvalue weighted by Crippen LogP contribution is 2.20. The van der Waals surface area contributed by atoms with Crippen LogP contribution < -0.4 is 15.8 Å². The molecule has 4 heteroatoms. The molecule has 2 rings (SSSR count). The first-order valence-corrected chi connectivity index (χ1v) is 5.80. The second kappa shape index (κ2) is 6.75. The van der Waals surface area contributed by atoms with E-state index in [2.05, 4.69) is 10.3 Å². The van der Waals surface area contributed by atoms with Crippen molar-refractivity contribution >= 4 is 11.5 Å². The summed E-state index contributed by atoms with van der Waals surface area (Å²) in [4.78, 5) is 4.34. The fourth-order valence-corrected chi connectivity index (χ4v) is 1.73. The van der Waals surface area contributed by atoms with E-state index in [1.165, 1.54) is 0 Å². The summed E-state index contributed by atoms with van der Waals surface area (Å²) in [5.41, 5.74) is 8.77. The van der Waals surface area contributed by atoms with Crippen molar-refractivity contribution in [3.8, 4) is 5.88 Å². The molecule has 1 aromatic carbocycles. The van der Waals surface area contributed by atoms with Crippen molar-refractivity contribution < 1.29 is 4.74 Å². The fourth-order valence-electron chi connectivity index (χ4n) is 1.73. The summed E-state index contributed by atoms with van der Waals surface area (Å²) >= 11 is 0. The average Bonchev–Trinajstić information content (AvgIpc) is 2.38. The SMILES string of the molecule is C.COc1cc(C)cc(Nc2cccc(CN)c2)n1. The third-order valence-electron chi connectivity index (χ3n) is 2.59. The van der Waals surface area contributed by atoms with Gasteiger partial charge in [-0.15, -0.1) is 0 Å². The summed E-state index contributed by atoms with van der Waals surface area (Å²) in [7, 11) is 1.61. The highest BCUT2D eigenvalue weighted by molar-refractivity contribution is 5.58. The zero-order valence-corrected chi connectivity index (χ0v) is 10.6. The molecular formula is C15H21N3O. The molecule has 102 valence electrons. The van der Waals surface area contributed by atoms with Crippen LogP contribution in [-0.4, -0.2) is 12.1 Å². The summed E-state index contributed by atoms with van der Waals surface area (Å²) in [5.74, 6) is 1.37. The number of aromatic nitrogens is 1. The molecular weight excluding hydrogens is 238 g/mol. The highest BCUT2D eigenvalue weighted by Gasteiger charge is 2.01. The second-order valence-electron chi connectivity index (χ2n) is 4.10. The van der Waals surface area contributed by atoms with E-state index in [1.54, 1.807) is 7.11 Å². The first-order chi connectivity index (χ1) is 8.71. The van der Waals surface area contributed by atoms with E-state index in [0.29, 0.717) is 12.4 Å². The number of ether oxygens (including phenoxy) is 1. The van der Waals surface area contributed by atoms with Crippen LogP contribution in [0, 0.1) is 6.92 Å². The number of nitrogens with zero attached hydrogens (tertiary/aromatic N) is 1. The predicted octanol–water partition coefficient (Wildman–Crippen LogP) is 3.24. The van der Waals surface area contributed by atoms with Gasteiger partial charge < -0.3 is 15.8 Å². The Balaban J connectivity index is 0.00000180. The third kappa shape index (κ3) is 3.96. The van der Waals surface area contributed by atoms with Gasteiger partial charge in [0.25, 0.3) is 0 Å². The van der Waals surface area contributed by atoms with Gasteiger partial charge in [-0.05, 0) is 36.2 Å². The normalized spacial score (nSPS) is 9.63. The van der Waals surface area contributed by atoms with Crippen LogP contribution >= 0.6 is 0 Å².